The Morgan fingerprint density at radius 1 is 0.767 bits per heavy atom. The van der Waals surface area contributed by atoms with Crippen molar-refractivity contribution >= 4 is 23.7 Å². The zero-order valence-electron chi connectivity index (χ0n) is 19.3. The number of carboxylic acid groups (broad SMARTS) is 1. The molecule has 0 spiro atoms. The molecular formula is C21H40N4O5. The van der Waals surface area contributed by atoms with Gasteiger partial charge in [-0.1, -0.05) is 54.4 Å². The molecule has 0 aliphatic heterocycles. The van der Waals surface area contributed by atoms with Crippen LogP contribution in [0.3, 0.4) is 0 Å². The predicted octanol–water partition coefficient (Wildman–Crippen LogP) is 1.01. The van der Waals surface area contributed by atoms with Gasteiger partial charge in [0.2, 0.25) is 17.7 Å². The number of carbonyl (C=O) groups is 4. The van der Waals surface area contributed by atoms with E-state index in [-0.39, 0.29) is 17.8 Å². The minimum Gasteiger partial charge on any atom is -0.480 e. The molecule has 174 valence electrons. The lowest BCUT2D eigenvalue weighted by atomic mass is 9.94. The van der Waals surface area contributed by atoms with Crippen molar-refractivity contribution in [3.05, 3.63) is 0 Å². The van der Waals surface area contributed by atoms with E-state index in [2.05, 4.69) is 16.0 Å². The molecule has 0 heterocycles. The van der Waals surface area contributed by atoms with Crippen molar-refractivity contribution in [2.75, 3.05) is 0 Å². The molecule has 0 aromatic rings. The summed E-state index contributed by atoms with van der Waals surface area (Å²) >= 11 is 0. The average molecular weight is 429 g/mol. The summed E-state index contributed by atoms with van der Waals surface area (Å²) in [4.78, 5) is 49.2. The highest BCUT2D eigenvalue weighted by Gasteiger charge is 2.33. The minimum absolute atomic E-state index is 0.182. The topological polar surface area (TPSA) is 151 Å². The van der Waals surface area contributed by atoms with Crippen molar-refractivity contribution in [1.29, 1.82) is 0 Å². The van der Waals surface area contributed by atoms with E-state index in [1.807, 2.05) is 34.6 Å². The molecule has 0 bridgehead atoms. The van der Waals surface area contributed by atoms with Gasteiger partial charge >= 0.3 is 5.97 Å². The molecule has 9 heteroatoms. The Hall–Kier alpha value is -2.16. The van der Waals surface area contributed by atoms with E-state index < -0.39 is 47.9 Å². The molecule has 0 saturated heterocycles. The van der Waals surface area contributed by atoms with E-state index in [4.69, 9.17) is 10.8 Å². The maximum absolute atomic E-state index is 13.0. The van der Waals surface area contributed by atoms with Gasteiger partial charge in [0.1, 0.15) is 18.1 Å². The quantitative estimate of drug-likeness (QED) is 0.295. The lowest BCUT2D eigenvalue weighted by molar-refractivity contribution is -0.142. The molecule has 0 fully saturated rings. The van der Waals surface area contributed by atoms with Crippen LogP contribution in [0, 0.1) is 17.8 Å². The number of nitrogens with two attached hydrogens (primary N) is 1. The van der Waals surface area contributed by atoms with Crippen molar-refractivity contribution in [1.82, 2.24) is 16.0 Å². The van der Waals surface area contributed by atoms with Gasteiger partial charge < -0.3 is 26.8 Å². The molecule has 9 nitrogen and oxygen atoms in total. The molecule has 0 aliphatic carbocycles. The van der Waals surface area contributed by atoms with Crippen LogP contribution in [0.4, 0.5) is 0 Å². The SMILES string of the molecule is CCC(C)C(NC(=O)C(N)CC(C)C)C(=O)NC(C(=O)NC(C)C(=O)O)C(C)CC. The Labute approximate surface area is 179 Å². The number of aliphatic carboxylic acids is 1. The molecule has 3 amide bonds. The van der Waals surface area contributed by atoms with Gasteiger partial charge in [0.05, 0.1) is 6.04 Å². The van der Waals surface area contributed by atoms with Crippen LogP contribution >= 0.6 is 0 Å². The first-order valence-corrected chi connectivity index (χ1v) is 10.7. The zero-order chi connectivity index (χ0) is 23.6. The zero-order valence-corrected chi connectivity index (χ0v) is 19.3. The Morgan fingerprint density at radius 2 is 1.17 bits per heavy atom. The standard InChI is InChI=1S/C21H40N4O5/c1-8-12(5)16(19(27)23-14(7)21(29)30)25-20(28)17(13(6)9-2)24-18(26)15(22)10-11(3)4/h11-17H,8-10,22H2,1-7H3,(H,23,27)(H,24,26)(H,25,28)(H,29,30). The number of rotatable bonds is 13. The highest BCUT2D eigenvalue weighted by Crippen LogP contribution is 2.13. The van der Waals surface area contributed by atoms with Gasteiger partial charge in [-0.15, -0.1) is 0 Å². The van der Waals surface area contributed by atoms with E-state index in [0.717, 1.165) is 0 Å². The van der Waals surface area contributed by atoms with E-state index in [9.17, 15) is 19.2 Å². The highest BCUT2D eigenvalue weighted by molar-refractivity contribution is 5.94. The van der Waals surface area contributed by atoms with Gasteiger partial charge in [-0.25, -0.2) is 0 Å². The fourth-order valence-electron chi connectivity index (χ4n) is 2.89. The summed E-state index contributed by atoms with van der Waals surface area (Å²) < 4.78 is 0. The number of carboxylic acids is 1. The monoisotopic (exact) mass is 428 g/mol. The van der Waals surface area contributed by atoms with Gasteiger partial charge in [-0.3, -0.25) is 19.2 Å². The molecule has 0 aromatic carbocycles. The molecule has 0 aliphatic rings. The van der Waals surface area contributed by atoms with Crippen LogP contribution in [-0.2, 0) is 19.2 Å². The van der Waals surface area contributed by atoms with Crippen LogP contribution < -0.4 is 21.7 Å². The normalized spacial score (nSPS) is 17.2. The van der Waals surface area contributed by atoms with Crippen molar-refractivity contribution in [3.8, 4) is 0 Å². The fourth-order valence-corrected chi connectivity index (χ4v) is 2.89. The van der Waals surface area contributed by atoms with Crippen molar-refractivity contribution < 1.29 is 24.3 Å². The second-order valence-electron chi connectivity index (χ2n) is 8.55. The van der Waals surface area contributed by atoms with E-state index in [1.165, 1.54) is 6.92 Å². The number of amides is 3. The fraction of sp³-hybridized carbons (Fsp3) is 0.810. The molecule has 0 saturated carbocycles. The van der Waals surface area contributed by atoms with Crippen LogP contribution in [0.25, 0.3) is 0 Å². The Kier molecular flexibility index (Phi) is 12.3. The molecule has 0 aromatic heterocycles. The third-order valence-electron chi connectivity index (χ3n) is 5.38. The third kappa shape index (κ3) is 9.11. The number of hydrogen-bond donors (Lipinski definition) is 5. The molecule has 6 N–H and O–H groups in total. The largest absolute Gasteiger partial charge is 0.480 e. The summed E-state index contributed by atoms with van der Waals surface area (Å²) in [7, 11) is 0. The first kappa shape index (κ1) is 27.8. The maximum Gasteiger partial charge on any atom is 0.325 e. The first-order chi connectivity index (χ1) is 13.8. The van der Waals surface area contributed by atoms with Crippen LogP contribution in [0.2, 0.25) is 0 Å². The van der Waals surface area contributed by atoms with Gasteiger partial charge in [-0.2, -0.15) is 0 Å². The second-order valence-corrected chi connectivity index (χ2v) is 8.55. The summed E-state index contributed by atoms with van der Waals surface area (Å²) in [6.45, 7) is 12.7. The van der Waals surface area contributed by atoms with Crippen LogP contribution in [0.15, 0.2) is 0 Å². The van der Waals surface area contributed by atoms with Crippen LogP contribution in [0.1, 0.15) is 67.7 Å². The van der Waals surface area contributed by atoms with Crippen LogP contribution in [-0.4, -0.2) is 53.0 Å². The minimum atomic E-state index is -1.17. The number of nitrogens with one attached hydrogen (secondary N) is 3. The van der Waals surface area contributed by atoms with E-state index in [0.29, 0.717) is 19.3 Å². The van der Waals surface area contributed by atoms with Crippen molar-refractivity contribution in [2.24, 2.45) is 23.5 Å². The maximum atomic E-state index is 13.0. The highest BCUT2D eigenvalue weighted by atomic mass is 16.4. The predicted molar refractivity (Wildman–Crippen MR) is 115 cm³/mol. The van der Waals surface area contributed by atoms with Crippen molar-refractivity contribution in [3.63, 3.8) is 0 Å². The Bertz CT molecular complexity index is 596. The summed E-state index contributed by atoms with van der Waals surface area (Å²) in [6.07, 6.45) is 1.72. The Balaban J connectivity index is 5.45. The van der Waals surface area contributed by atoms with Crippen LogP contribution in [0.5, 0.6) is 0 Å². The summed E-state index contributed by atoms with van der Waals surface area (Å²) in [5.74, 6) is -2.81. The lowest BCUT2D eigenvalue weighted by Crippen LogP contribution is -2.59. The van der Waals surface area contributed by atoms with Gasteiger partial charge in [0.25, 0.3) is 0 Å². The molecular weight excluding hydrogens is 388 g/mol. The number of carbonyl (C=O) groups excluding carboxylic acids is 3. The molecule has 6 unspecified atom stereocenters. The summed E-state index contributed by atoms with van der Waals surface area (Å²) in [5.41, 5.74) is 5.95. The smallest absolute Gasteiger partial charge is 0.325 e. The lowest BCUT2D eigenvalue weighted by Gasteiger charge is -2.30. The third-order valence-corrected chi connectivity index (χ3v) is 5.38. The summed E-state index contributed by atoms with van der Waals surface area (Å²) in [6, 6.07) is -3.58. The molecule has 0 radical (unpaired) electrons. The van der Waals surface area contributed by atoms with Gasteiger partial charge in [0.15, 0.2) is 0 Å². The number of hydrogen-bond acceptors (Lipinski definition) is 5. The molecule has 6 atom stereocenters. The molecule has 30 heavy (non-hydrogen) atoms. The average Bonchev–Trinajstić information content (AvgIpc) is 2.67. The van der Waals surface area contributed by atoms with E-state index in [1.54, 1.807) is 6.92 Å². The van der Waals surface area contributed by atoms with E-state index >= 15 is 0 Å². The van der Waals surface area contributed by atoms with Gasteiger partial charge in [-0.05, 0) is 31.1 Å². The Morgan fingerprint density at radius 3 is 1.53 bits per heavy atom. The summed E-state index contributed by atoms with van der Waals surface area (Å²) in [5, 5.41) is 16.9. The first-order valence-electron chi connectivity index (χ1n) is 10.7. The van der Waals surface area contributed by atoms with Crippen molar-refractivity contribution in [2.45, 2.75) is 91.9 Å². The second kappa shape index (κ2) is 13.2. The molecule has 0 rings (SSSR count). The van der Waals surface area contributed by atoms with Gasteiger partial charge in [0, 0.05) is 0 Å².